The first-order valence-corrected chi connectivity index (χ1v) is 8.57. The van der Waals surface area contributed by atoms with Gasteiger partial charge in [0, 0.05) is 30.6 Å². The summed E-state index contributed by atoms with van der Waals surface area (Å²) in [5.41, 5.74) is 4.47. The summed E-state index contributed by atoms with van der Waals surface area (Å²) in [6.45, 7) is 3.77. The molecule has 2 atom stereocenters. The van der Waals surface area contributed by atoms with Gasteiger partial charge in [-0.3, -0.25) is 4.90 Å². The quantitative estimate of drug-likeness (QED) is 0.877. The second-order valence-electron chi connectivity index (χ2n) is 6.86. The van der Waals surface area contributed by atoms with E-state index in [4.69, 9.17) is 9.47 Å². The lowest BCUT2D eigenvalue weighted by molar-refractivity contribution is 0.136. The van der Waals surface area contributed by atoms with Gasteiger partial charge in [-0.2, -0.15) is 0 Å². The predicted molar refractivity (Wildman–Crippen MR) is 94.6 cm³/mol. The molecule has 2 N–H and O–H groups in total. The molecule has 25 heavy (non-hydrogen) atoms. The molecule has 0 aliphatic carbocycles. The zero-order valence-electron chi connectivity index (χ0n) is 14.7. The Morgan fingerprint density at radius 3 is 2.52 bits per heavy atom. The largest absolute Gasteiger partial charge is 0.504 e. The molecule has 5 heteroatoms. The first kappa shape index (κ1) is 16.1. The molecule has 0 saturated heterocycles. The molecular formula is C20H23NO4. The van der Waals surface area contributed by atoms with E-state index in [2.05, 4.69) is 11.8 Å². The van der Waals surface area contributed by atoms with Crippen LogP contribution in [-0.2, 0) is 13.0 Å². The average molecular weight is 341 g/mol. The van der Waals surface area contributed by atoms with Crippen LogP contribution in [0.3, 0.4) is 0 Å². The van der Waals surface area contributed by atoms with Crippen molar-refractivity contribution in [2.45, 2.75) is 31.8 Å². The van der Waals surface area contributed by atoms with Crippen LogP contribution in [-0.4, -0.2) is 35.9 Å². The zero-order valence-corrected chi connectivity index (χ0v) is 14.7. The Hall–Kier alpha value is -2.40. The number of hydrogen-bond acceptors (Lipinski definition) is 5. The number of phenols is 2. The van der Waals surface area contributed by atoms with Crippen LogP contribution >= 0.6 is 0 Å². The van der Waals surface area contributed by atoms with E-state index >= 15 is 0 Å². The number of hydrogen-bond donors (Lipinski definition) is 2. The molecule has 0 bridgehead atoms. The molecule has 5 nitrogen and oxygen atoms in total. The van der Waals surface area contributed by atoms with Gasteiger partial charge in [0.05, 0.1) is 14.2 Å². The van der Waals surface area contributed by atoms with E-state index in [1.165, 1.54) is 5.56 Å². The molecule has 0 saturated carbocycles. The van der Waals surface area contributed by atoms with E-state index in [1.807, 2.05) is 24.3 Å². The summed E-state index contributed by atoms with van der Waals surface area (Å²) < 4.78 is 10.5. The maximum atomic E-state index is 10.5. The average Bonchev–Trinajstić information content (AvgIpc) is 2.62. The molecule has 132 valence electrons. The van der Waals surface area contributed by atoms with E-state index in [1.54, 1.807) is 14.2 Å². The summed E-state index contributed by atoms with van der Waals surface area (Å²) in [4.78, 5) is 2.38. The minimum Gasteiger partial charge on any atom is -0.504 e. The van der Waals surface area contributed by atoms with Gasteiger partial charge in [0.1, 0.15) is 0 Å². The SMILES string of the molecule is COc1cc2c(cc1O)[C@H]1[C@H](C)c3ccc(OC)c(O)c3CN1CC2. The van der Waals surface area contributed by atoms with Gasteiger partial charge in [-0.25, -0.2) is 0 Å². The zero-order chi connectivity index (χ0) is 17.7. The van der Waals surface area contributed by atoms with Crippen LogP contribution in [0.1, 0.15) is 41.1 Å². The van der Waals surface area contributed by atoms with Gasteiger partial charge in [0.2, 0.25) is 0 Å². The molecule has 2 aromatic rings. The summed E-state index contributed by atoms with van der Waals surface area (Å²) in [7, 11) is 3.15. The van der Waals surface area contributed by atoms with Crippen molar-refractivity contribution in [1.29, 1.82) is 0 Å². The lowest BCUT2D eigenvalue weighted by Crippen LogP contribution is -2.41. The molecule has 0 spiro atoms. The Bertz CT molecular complexity index is 833. The van der Waals surface area contributed by atoms with Crippen LogP contribution in [0.15, 0.2) is 24.3 Å². The van der Waals surface area contributed by atoms with Crippen LogP contribution in [0.5, 0.6) is 23.0 Å². The Kier molecular flexibility index (Phi) is 3.76. The number of fused-ring (bicyclic) bond motifs is 4. The molecule has 2 aromatic carbocycles. The van der Waals surface area contributed by atoms with Crippen LogP contribution < -0.4 is 9.47 Å². The molecule has 0 unspecified atom stereocenters. The second-order valence-corrected chi connectivity index (χ2v) is 6.86. The summed E-state index contributed by atoms with van der Waals surface area (Å²) in [6, 6.07) is 7.86. The highest BCUT2D eigenvalue weighted by molar-refractivity contribution is 5.55. The molecule has 2 aliphatic rings. The van der Waals surface area contributed by atoms with Gasteiger partial charge in [0.25, 0.3) is 0 Å². The normalized spacial score (nSPS) is 21.9. The molecule has 4 rings (SSSR count). The molecular weight excluding hydrogens is 318 g/mol. The van der Waals surface area contributed by atoms with Gasteiger partial charge in [0.15, 0.2) is 23.0 Å². The van der Waals surface area contributed by atoms with E-state index in [0.717, 1.165) is 29.7 Å². The van der Waals surface area contributed by atoms with E-state index in [9.17, 15) is 10.2 Å². The summed E-state index contributed by atoms with van der Waals surface area (Å²) >= 11 is 0. The Morgan fingerprint density at radius 2 is 1.80 bits per heavy atom. The van der Waals surface area contributed by atoms with Crippen molar-refractivity contribution in [3.05, 3.63) is 46.5 Å². The number of nitrogens with zero attached hydrogens (tertiary/aromatic N) is 1. The van der Waals surface area contributed by atoms with Gasteiger partial charge in [-0.05, 0) is 41.3 Å². The highest BCUT2D eigenvalue weighted by atomic mass is 16.5. The molecule has 0 fully saturated rings. The van der Waals surface area contributed by atoms with Crippen molar-refractivity contribution in [2.75, 3.05) is 20.8 Å². The lowest BCUT2D eigenvalue weighted by atomic mass is 9.77. The van der Waals surface area contributed by atoms with Gasteiger partial charge < -0.3 is 19.7 Å². The van der Waals surface area contributed by atoms with E-state index < -0.39 is 0 Å². The minimum atomic E-state index is 0.179. The van der Waals surface area contributed by atoms with Crippen molar-refractivity contribution in [1.82, 2.24) is 4.90 Å². The lowest BCUT2D eigenvalue weighted by Gasteiger charge is -2.45. The maximum Gasteiger partial charge on any atom is 0.162 e. The standard InChI is InChI=1S/C20H23NO4/c1-11-13-4-5-17(24-2)20(23)15(13)10-21-7-6-12-8-18(25-3)16(22)9-14(12)19(11)21/h4-5,8-9,11,19,22-23H,6-7,10H2,1-3H3/t11-,19-/m1/s1. The third-order valence-corrected chi connectivity index (χ3v) is 5.65. The molecule has 0 aromatic heterocycles. The molecule has 0 radical (unpaired) electrons. The van der Waals surface area contributed by atoms with Gasteiger partial charge in [-0.15, -0.1) is 0 Å². The Balaban J connectivity index is 1.82. The van der Waals surface area contributed by atoms with Crippen molar-refractivity contribution in [3.63, 3.8) is 0 Å². The number of rotatable bonds is 2. The van der Waals surface area contributed by atoms with Crippen molar-refractivity contribution in [2.24, 2.45) is 0 Å². The fourth-order valence-corrected chi connectivity index (χ4v) is 4.41. The summed E-state index contributed by atoms with van der Waals surface area (Å²) in [5.74, 6) is 1.67. The topological polar surface area (TPSA) is 62.2 Å². The summed E-state index contributed by atoms with van der Waals surface area (Å²) in [6.07, 6.45) is 0.898. The number of phenolic OH excluding ortho intramolecular Hbond substituents is 2. The molecule has 2 aliphatic heterocycles. The highest BCUT2D eigenvalue weighted by Crippen LogP contribution is 2.50. The van der Waals surface area contributed by atoms with Crippen molar-refractivity contribution >= 4 is 0 Å². The molecule has 0 amide bonds. The van der Waals surface area contributed by atoms with E-state index in [0.29, 0.717) is 18.0 Å². The Morgan fingerprint density at radius 1 is 1.04 bits per heavy atom. The maximum absolute atomic E-state index is 10.5. The molecule has 2 heterocycles. The number of aromatic hydroxyl groups is 2. The van der Waals surface area contributed by atoms with Gasteiger partial charge >= 0.3 is 0 Å². The first-order chi connectivity index (χ1) is 12.0. The number of benzene rings is 2. The van der Waals surface area contributed by atoms with Crippen LogP contribution in [0.2, 0.25) is 0 Å². The first-order valence-electron chi connectivity index (χ1n) is 8.57. The number of methoxy groups -OCH3 is 2. The third-order valence-electron chi connectivity index (χ3n) is 5.65. The van der Waals surface area contributed by atoms with Crippen LogP contribution in [0.25, 0.3) is 0 Å². The van der Waals surface area contributed by atoms with Crippen LogP contribution in [0.4, 0.5) is 0 Å². The van der Waals surface area contributed by atoms with Gasteiger partial charge in [-0.1, -0.05) is 13.0 Å². The Labute approximate surface area is 147 Å². The fourth-order valence-electron chi connectivity index (χ4n) is 4.41. The van der Waals surface area contributed by atoms with Crippen molar-refractivity contribution in [3.8, 4) is 23.0 Å². The van der Waals surface area contributed by atoms with E-state index in [-0.39, 0.29) is 23.5 Å². The second kappa shape index (κ2) is 5.85. The fraction of sp³-hybridized carbons (Fsp3) is 0.400. The minimum absolute atomic E-state index is 0.179. The smallest absolute Gasteiger partial charge is 0.162 e. The summed E-state index contributed by atoms with van der Waals surface area (Å²) in [5, 5.41) is 20.8. The number of ether oxygens (including phenoxy) is 2. The third kappa shape index (κ3) is 2.34. The monoisotopic (exact) mass is 341 g/mol. The highest BCUT2D eigenvalue weighted by Gasteiger charge is 2.39. The predicted octanol–water partition coefficient (Wildman–Crippen LogP) is 3.33. The van der Waals surface area contributed by atoms with Crippen LogP contribution in [0, 0.1) is 0 Å². The van der Waals surface area contributed by atoms with Crippen molar-refractivity contribution < 1.29 is 19.7 Å².